The standard InChI is InChI=1S/C16H23N3O3S/c1-13-11-16(4-3-14(13)12-18)23(20,21)19-8-5-15(6-9-19)22-10-2-7-17/h3-4,11,15H,2,5-10,17H2,1H3. The molecular weight excluding hydrogens is 314 g/mol. The Hall–Kier alpha value is -1.46. The van der Waals surface area contributed by atoms with Gasteiger partial charge in [-0.15, -0.1) is 0 Å². The molecule has 126 valence electrons. The van der Waals surface area contributed by atoms with Gasteiger partial charge in [0.2, 0.25) is 10.0 Å². The van der Waals surface area contributed by atoms with Gasteiger partial charge in [-0.3, -0.25) is 0 Å². The number of nitrogens with two attached hydrogens (primary N) is 1. The Kier molecular flexibility index (Phi) is 6.13. The largest absolute Gasteiger partial charge is 0.378 e. The molecule has 0 unspecified atom stereocenters. The summed E-state index contributed by atoms with van der Waals surface area (Å²) < 4.78 is 32.6. The van der Waals surface area contributed by atoms with E-state index < -0.39 is 10.0 Å². The molecule has 0 spiro atoms. The molecule has 1 aromatic rings. The van der Waals surface area contributed by atoms with Gasteiger partial charge in [0.15, 0.2) is 0 Å². The van der Waals surface area contributed by atoms with Crippen molar-refractivity contribution in [3.05, 3.63) is 29.3 Å². The lowest BCUT2D eigenvalue weighted by Crippen LogP contribution is -2.41. The van der Waals surface area contributed by atoms with E-state index in [4.69, 9.17) is 15.7 Å². The Morgan fingerprint density at radius 3 is 2.65 bits per heavy atom. The third-order valence-corrected chi connectivity index (χ3v) is 5.95. The molecule has 1 aliphatic rings. The van der Waals surface area contributed by atoms with E-state index in [-0.39, 0.29) is 11.0 Å². The van der Waals surface area contributed by atoms with Crippen LogP contribution in [0.25, 0.3) is 0 Å². The van der Waals surface area contributed by atoms with Gasteiger partial charge in [-0.05, 0) is 56.5 Å². The highest BCUT2D eigenvalue weighted by atomic mass is 32.2. The maximum absolute atomic E-state index is 12.7. The monoisotopic (exact) mass is 337 g/mol. The maximum Gasteiger partial charge on any atom is 0.243 e. The molecule has 0 aliphatic carbocycles. The zero-order chi connectivity index (χ0) is 16.9. The normalized spacial score (nSPS) is 17.1. The van der Waals surface area contributed by atoms with Crippen molar-refractivity contribution in [3.8, 4) is 6.07 Å². The molecule has 2 rings (SSSR count). The Balaban J connectivity index is 2.02. The molecule has 1 fully saturated rings. The van der Waals surface area contributed by atoms with E-state index in [9.17, 15) is 8.42 Å². The number of ether oxygens (including phenoxy) is 1. The molecule has 1 saturated heterocycles. The Morgan fingerprint density at radius 1 is 1.39 bits per heavy atom. The third kappa shape index (κ3) is 4.30. The maximum atomic E-state index is 12.7. The number of nitriles is 1. The molecule has 1 aliphatic heterocycles. The third-order valence-electron chi connectivity index (χ3n) is 4.06. The fourth-order valence-corrected chi connectivity index (χ4v) is 4.20. The number of benzene rings is 1. The SMILES string of the molecule is Cc1cc(S(=O)(=O)N2CCC(OCCCN)CC2)ccc1C#N. The van der Waals surface area contributed by atoms with E-state index in [0.717, 1.165) is 6.42 Å². The zero-order valence-corrected chi connectivity index (χ0v) is 14.2. The van der Waals surface area contributed by atoms with Crippen molar-refractivity contribution in [2.75, 3.05) is 26.2 Å². The second kappa shape index (κ2) is 7.88. The topological polar surface area (TPSA) is 96.4 Å². The van der Waals surface area contributed by atoms with Crippen LogP contribution in [-0.4, -0.2) is 45.1 Å². The highest BCUT2D eigenvalue weighted by molar-refractivity contribution is 7.89. The molecule has 1 aromatic carbocycles. The molecular formula is C16H23N3O3S. The molecule has 23 heavy (non-hydrogen) atoms. The quantitative estimate of drug-likeness (QED) is 0.791. The summed E-state index contributed by atoms with van der Waals surface area (Å²) in [5.41, 5.74) is 6.60. The van der Waals surface area contributed by atoms with Crippen LogP contribution >= 0.6 is 0 Å². The van der Waals surface area contributed by atoms with Crippen LogP contribution in [0.3, 0.4) is 0 Å². The van der Waals surface area contributed by atoms with Gasteiger partial charge in [0, 0.05) is 19.7 Å². The van der Waals surface area contributed by atoms with Gasteiger partial charge in [-0.1, -0.05) is 0 Å². The van der Waals surface area contributed by atoms with Gasteiger partial charge in [0.1, 0.15) is 0 Å². The lowest BCUT2D eigenvalue weighted by molar-refractivity contribution is 0.0209. The first-order valence-electron chi connectivity index (χ1n) is 7.81. The molecule has 0 amide bonds. The number of aryl methyl sites for hydroxylation is 1. The first kappa shape index (κ1) is 17.9. The Morgan fingerprint density at radius 2 is 2.09 bits per heavy atom. The van der Waals surface area contributed by atoms with Crippen molar-refractivity contribution in [3.63, 3.8) is 0 Å². The van der Waals surface area contributed by atoms with Crippen LogP contribution in [0.1, 0.15) is 30.4 Å². The van der Waals surface area contributed by atoms with Crippen LogP contribution in [-0.2, 0) is 14.8 Å². The van der Waals surface area contributed by atoms with Gasteiger partial charge >= 0.3 is 0 Å². The lowest BCUT2D eigenvalue weighted by atomic mass is 10.1. The van der Waals surface area contributed by atoms with Gasteiger partial charge in [-0.2, -0.15) is 9.57 Å². The van der Waals surface area contributed by atoms with Crippen LogP contribution in [0.5, 0.6) is 0 Å². The second-order valence-corrected chi connectivity index (χ2v) is 7.64. The van der Waals surface area contributed by atoms with E-state index in [2.05, 4.69) is 0 Å². The predicted molar refractivity (Wildman–Crippen MR) is 87.3 cm³/mol. The summed E-state index contributed by atoms with van der Waals surface area (Å²) in [6, 6.07) is 6.68. The van der Waals surface area contributed by atoms with Crippen LogP contribution in [0, 0.1) is 18.3 Å². The fourth-order valence-electron chi connectivity index (χ4n) is 2.64. The molecule has 0 radical (unpaired) electrons. The highest BCUT2D eigenvalue weighted by Crippen LogP contribution is 2.23. The average molecular weight is 337 g/mol. The predicted octanol–water partition coefficient (Wildman–Crippen LogP) is 1.39. The molecule has 7 heteroatoms. The second-order valence-electron chi connectivity index (χ2n) is 5.70. The first-order chi connectivity index (χ1) is 11.0. The van der Waals surface area contributed by atoms with Crippen molar-refractivity contribution >= 4 is 10.0 Å². The van der Waals surface area contributed by atoms with Crippen molar-refractivity contribution in [1.82, 2.24) is 4.31 Å². The van der Waals surface area contributed by atoms with Crippen molar-refractivity contribution in [2.45, 2.75) is 37.2 Å². The van der Waals surface area contributed by atoms with E-state index in [0.29, 0.717) is 50.2 Å². The first-order valence-corrected chi connectivity index (χ1v) is 9.25. The smallest absolute Gasteiger partial charge is 0.243 e. The molecule has 6 nitrogen and oxygen atoms in total. The van der Waals surface area contributed by atoms with Crippen LogP contribution in [0.2, 0.25) is 0 Å². The minimum atomic E-state index is -3.51. The minimum Gasteiger partial charge on any atom is -0.378 e. The van der Waals surface area contributed by atoms with Crippen LogP contribution in [0.15, 0.2) is 23.1 Å². The summed E-state index contributed by atoms with van der Waals surface area (Å²) in [6.07, 6.45) is 2.32. The summed E-state index contributed by atoms with van der Waals surface area (Å²) in [7, 11) is -3.51. The molecule has 0 atom stereocenters. The summed E-state index contributed by atoms with van der Waals surface area (Å²) in [5.74, 6) is 0. The van der Waals surface area contributed by atoms with Crippen LogP contribution < -0.4 is 5.73 Å². The van der Waals surface area contributed by atoms with Gasteiger partial charge < -0.3 is 10.5 Å². The van der Waals surface area contributed by atoms with E-state index in [1.54, 1.807) is 19.1 Å². The Labute approximate surface area is 137 Å². The number of nitrogens with zero attached hydrogens (tertiary/aromatic N) is 2. The van der Waals surface area contributed by atoms with E-state index in [1.807, 2.05) is 6.07 Å². The fraction of sp³-hybridized carbons (Fsp3) is 0.562. The van der Waals surface area contributed by atoms with Gasteiger partial charge in [-0.25, -0.2) is 8.42 Å². The molecule has 1 heterocycles. The average Bonchev–Trinajstić information content (AvgIpc) is 2.55. The Bertz CT molecular complexity index is 674. The summed E-state index contributed by atoms with van der Waals surface area (Å²) in [5, 5.41) is 8.95. The molecule has 0 bridgehead atoms. The number of hydrogen-bond donors (Lipinski definition) is 1. The van der Waals surface area contributed by atoms with E-state index in [1.165, 1.54) is 10.4 Å². The molecule has 2 N–H and O–H groups in total. The van der Waals surface area contributed by atoms with Gasteiger partial charge in [0.05, 0.1) is 22.6 Å². The lowest BCUT2D eigenvalue weighted by Gasteiger charge is -2.31. The summed E-state index contributed by atoms with van der Waals surface area (Å²) >= 11 is 0. The highest BCUT2D eigenvalue weighted by Gasteiger charge is 2.29. The van der Waals surface area contributed by atoms with Crippen molar-refractivity contribution < 1.29 is 13.2 Å². The number of piperidine rings is 1. The van der Waals surface area contributed by atoms with Crippen LogP contribution in [0.4, 0.5) is 0 Å². The van der Waals surface area contributed by atoms with Gasteiger partial charge in [0.25, 0.3) is 0 Å². The summed E-state index contributed by atoms with van der Waals surface area (Å²) in [6.45, 7) is 3.88. The number of sulfonamides is 1. The van der Waals surface area contributed by atoms with E-state index >= 15 is 0 Å². The van der Waals surface area contributed by atoms with Crippen molar-refractivity contribution in [1.29, 1.82) is 5.26 Å². The number of hydrogen-bond acceptors (Lipinski definition) is 5. The minimum absolute atomic E-state index is 0.107. The zero-order valence-electron chi connectivity index (χ0n) is 13.4. The summed E-state index contributed by atoms with van der Waals surface area (Å²) in [4.78, 5) is 0.247. The molecule has 0 saturated carbocycles. The number of rotatable bonds is 6. The van der Waals surface area contributed by atoms with Crippen molar-refractivity contribution in [2.24, 2.45) is 5.73 Å². The molecule has 0 aromatic heterocycles.